The predicted octanol–water partition coefficient (Wildman–Crippen LogP) is 3.13. The van der Waals surface area contributed by atoms with Crippen LogP contribution in [0, 0.1) is 0 Å². The summed E-state index contributed by atoms with van der Waals surface area (Å²) in [7, 11) is -3.41. The molecule has 0 spiro atoms. The summed E-state index contributed by atoms with van der Waals surface area (Å²) in [5, 5.41) is 3.01. The number of carbonyl (C=O) groups excluding carboxylic acids is 2. The highest BCUT2D eigenvalue weighted by Gasteiger charge is 2.15. The van der Waals surface area contributed by atoms with Gasteiger partial charge in [0.15, 0.2) is 15.0 Å². The summed E-state index contributed by atoms with van der Waals surface area (Å²) in [5.41, 5.74) is 1.25. The molecule has 2 aromatic carbocycles. The van der Waals surface area contributed by atoms with Crippen molar-refractivity contribution < 1.29 is 22.7 Å². The highest BCUT2D eigenvalue weighted by atomic mass is 32.2. The molecule has 0 unspecified atom stereocenters. The van der Waals surface area contributed by atoms with Gasteiger partial charge in [-0.05, 0) is 43.3 Å². The lowest BCUT2D eigenvalue weighted by Gasteiger charge is -2.03. The summed E-state index contributed by atoms with van der Waals surface area (Å²) in [4.78, 5) is 28.6. The second-order valence-electron chi connectivity index (χ2n) is 5.68. The second-order valence-corrected chi connectivity index (χ2v) is 8.72. The Morgan fingerprint density at radius 1 is 1.15 bits per heavy atom. The van der Waals surface area contributed by atoms with Gasteiger partial charge in [-0.2, -0.15) is 0 Å². The van der Waals surface area contributed by atoms with Gasteiger partial charge in [0.2, 0.25) is 0 Å². The van der Waals surface area contributed by atoms with Gasteiger partial charge in [0, 0.05) is 11.8 Å². The monoisotopic (exact) mass is 404 g/mol. The maximum Gasteiger partial charge on any atom is 0.338 e. The molecule has 1 aromatic heterocycles. The molecule has 1 N–H and O–H groups in total. The summed E-state index contributed by atoms with van der Waals surface area (Å²) in [6.45, 7) is 2.02. The van der Waals surface area contributed by atoms with Gasteiger partial charge in [0.05, 0.1) is 27.3 Å². The summed E-state index contributed by atoms with van der Waals surface area (Å²) in [6, 6.07) is 10.7. The van der Waals surface area contributed by atoms with Crippen molar-refractivity contribution in [3.63, 3.8) is 0 Å². The molecular weight excluding hydrogens is 388 g/mol. The Morgan fingerprint density at radius 3 is 2.63 bits per heavy atom. The average Bonchev–Trinajstić information content (AvgIpc) is 3.02. The Labute approximate surface area is 159 Å². The molecule has 0 saturated heterocycles. The van der Waals surface area contributed by atoms with E-state index in [9.17, 15) is 18.0 Å². The number of aromatic nitrogens is 1. The zero-order valence-corrected chi connectivity index (χ0v) is 16.2. The van der Waals surface area contributed by atoms with E-state index in [1.54, 1.807) is 25.1 Å². The summed E-state index contributed by atoms with van der Waals surface area (Å²) < 4.78 is 29.0. The van der Waals surface area contributed by atoms with Gasteiger partial charge in [0.25, 0.3) is 5.91 Å². The third-order valence-corrected chi connectivity index (χ3v) is 5.69. The van der Waals surface area contributed by atoms with Crippen LogP contribution in [-0.4, -0.2) is 38.1 Å². The van der Waals surface area contributed by atoms with Gasteiger partial charge in [-0.15, -0.1) is 0 Å². The van der Waals surface area contributed by atoms with Crippen molar-refractivity contribution in [3.05, 3.63) is 53.6 Å². The van der Waals surface area contributed by atoms with Crippen LogP contribution in [0.3, 0.4) is 0 Å². The van der Waals surface area contributed by atoms with Crippen molar-refractivity contribution >= 4 is 48.4 Å². The lowest BCUT2D eigenvalue weighted by molar-refractivity contribution is 0.0526. The first-order valence-corrected chi connectivity index (χ1v) is 10.7. The van der Waals surface area contributed by atoms with Crippen LogP contribution in [0.25, 0.3) is 10.2 Å². The number of benzene rings is 2. The number of carbonyl (C=O) groups is 2. The van der Waals surface area contributed by atoms with Crippen LogP contribution in [0.2, 0.25) is 0 Å². The first kappa shape index (κ1) is 19.0. The molecule has 27 heavy (non-hydrogen) atoms. The minimum Gasteiger partial charge on any atom is -0.462 e. The van der Waals surface area contributed by atoms with Crippen LogP contribution in [0.5, 0.6) is 0 Å². The number of hydrogen-bond donors (Lipinski definition) is 1. The molecule has 7 nitrogen and oxygen atoms in total. The number of hydrogen-bond acceptors (Lipinski definition) is 7. The van der Waals surface area contributed by atoms with E-state index in [0.29, 0.717) is 16.2 Å². The first-order chi connectivity index (χ1) is 12.8. The molecule has 3 aromatic rings. The Hall–Kier alpha value is -2.78. The van der Waals surface area contributed by atoms with Crippen LogP contribution in [0.15, 0.2) is 47.4 Å². The molecule has 0 atom stereocenters. The van der Waals surface area contributed by atoms with Crippen LogP contribution in [0.4, 0.5) is 5.13 Å². The number of esters is 1. The number of nitrogens with zero attached hydrogens (tertiary/aromatic N) is 1. The number of ether oxygens (including phenoxy) is 1. The molecule has 1 amide bonds. The summed E-state index contributed by atoms with van der Waals surface area (Å²) in [6.07, 6.45) is 1.08. The fourth-order valence-corrected chi connectivity index (χ4v) is 3.92. The number of nitrogens with one attached hydrogen (secondary N) is 1. The molecule has 0 aliphatic heterocycles. The smallest absolute Gasteiger partial charge is 0.338 e. The Kier molecular flexibility index (Phi) is 5.24. The van der Waals surface area contributed by atoms with E-state index in [4.69, 9.17) is 4.74 Å². The molecule has 0 aliphatic rings. The van der Waals surface area contributed by atoms with Crippen molar-refractivity contribution in [3.8, 4) is 0 Å². The zero-order chi connectivity index (χ0) is 19.6. The number of fused-ring (bicyclic) bond motifs is 1. The summed E-state index contributed by atoms with van der Waals surface area (Å²) >= 11 is 1.21. The van der Waals surface area contributed by atoms with Crippen LogP contribution in [-0.2, 0) is 14.6 Å². The maximum absolute atomic E-state index is 12.4. The minimum atomic E-state index is -3.41. The molecule has 0 aliphatic carbocycles. The standard InChI is InChI=1S/C18H16N2O5S2/c1-3-25-17(22)12-7-8-14-15(10-12)26-18(19-14)20-16(21)11-5-4-6-13(9-11)27(2,23)24/h4-10H,3H2,1-2H3,(H,19,20,21). The Balaban J connectivity index is 1.84. The first-order valence-electron chi connectivity index (χ1n) is 7.97. The third-order valence-electron chi connectivity index (χ3n) is 3.64. The molecule has 9 heteroatoms. The minimum absolute atomic E-state index is 0.0681. The van der Waals surface area contributed by atoms with E-state index in [2.05, 4.69) is 10.3 Å². The van der Waals surface area contributed by atoms with Crippen molar-refractivity contribution in [2.75, 3.05) is 18.2 Å². The fourth-order valence-electron chi connectivity index (χ4n) is 2.36. The van der Waals surface area contributed by atoms with Gasteiger partial charge in [-0.1, -0.05) is 17.4 Å². The molecule has 3 rings (SSSR count). The van der Waals surface area contributed by atoms with Crippen LogP contribution >= 0.6 is 11.3 Å². The number of amides is 1. The molecule has 0 bridgehead atoms. The van der Waals surface area contributed by atoms with E-state index in [1.807, 2.05) is 0 Å². The van der Waals surface area contributed by atoms with Crippen LogP contribution < -0.4 is 5.32 Å². The second kappa shape index (κ2) is 7.45. The molecule has 140 valence electrons. The quantitative estimate of drug-likeness (QED) is 0.656. The van der Waals surface area contributed by atoms with Crippen molar-refractivity contribution in [2.24, 2.45) is 0 Å². The largest absolute Gasteiger partial charge is 0.462 e. The average molecular weight is 404 g/mol. The number of anilines is 1. The molecule has 0 radical (unpaired) electrons. The molecule has 0 fully saturated rings. The third kappa shape index (κ3) is 4.32. The predicted molar refractivity (Wildman–Crippen MR) is 103 cm³/mol. The highest BCUT2D eigenvalue weighted by molar-refractivity contribution is 7.90. The lowest BCUT2D eigenvalue weighted by atomic mass is 10.2. The van der Waals surface area contributed by atoms with E-state index in [-0.39, 0.29) is 17.1 Å². The Morgan fingerprint density at radius 2 is 1.93 bits per heavy atom. The van der Waals surface area contributed by atoms with E-state index < -0.39 is 21.7 Å². The van der Waals surface area contributed by atoms with Gasteiger partial charge in [0.1, 0.15) is 0 Å². The van der Waals surface area contributed by atoms with E-state index in [0.717, 1.165) is 11.0 Å². The van der Waals surface area contributed by atoms with Crippen molar-refractivity contribution in [1.82, 2.24) is 4.98 Å². The van der Waals surface area contributed by atoms with Crippen molar-refractivity contribution in [1.29, 1.82) is 0 Å². The Bertz CT molecular complexity index is 1140. The number of rotatable bonds is 5. The van der Waals surface area contributed by atoms with Crippen LogP contribution in [0.1, 0.15) is 27.6 Å². The summed E-state index contributed by atoms with van der Waals surface area (Å²) in [5.74, 6) is -0.888. The van der Waals surface area contributed by atoms with Gasteiger partial charge < -0.3 is 4.74 Å². The molecule has 0 saturated carbocycles. The lowest BCUT2D eigenvalue weighted by Crippen LogP contribution is -2.12. The number of thiazole rings is 1. The van der Waals surface area contributed by atoms with E-state index >= 15 is 0 Å². The highest BCUT2D eigenvalue weighted by Crippen LogP contribution is 2.27. The fraction of sp³-hybridized carbons (Fsp3) is 0.167. The normalized spacial score (nSPS) is 11.3. The van der Waals surface area contributed by atoms with Gasteiger partial charge in [-0.25, -0.2) is 18.2 Å². The zero-order valence-electron chi connectivity index (χ0n) is 14.6. The van der Waals surface area contributed by atoms with Gasteiger partial charge in [-0.3, -0.25) is 10.1 Å². The molecular formula is C18H16N2O5S2. The topological polar surface area (TPSA) is 102 Å². The SMILES string of the molecule is CCOC(=O)c1ccc2nc(NC(=O)c3cccc(S(C)(=O)=O)c3)sc2c1. The van der Waals surface area contributed by atoms with Gasteiger partial charge >= 0.3 is 5.97 Å². The number of sulfone groups is 1. The van der Waals surface area contributed by atoms with Crippen molar-refractivity contribution in [2.45, 2.75) is 11.8 Å². The van der Waals surface area contributed by atoms with E-state index in [1.165, 1.54) is 35.6 Å². The molecule has 1 heterocycles. The maximum atomic E-state index is 12.4.